The molecule has 21 heavy (non-hydrogen) atoms. The van der Waals surface area contributed by atoms with Gasteiger partial charge in [0.15, 0.2) is 0 Å². The summed E-state index contributed by atoms with van der Waals surface area (Å²) in [5, 5.41) is 0. The van der Waals surface area contributed by atoms with Crippen molar-refractivity contribution in [2.45, 2.75) is 19.4 Å². The molecule has 1 heterocycles. The Kier molecular flexibility index (Phi) is 3.76. The molecule has 0 saturated carbocycles. The fraction of sp³-hybridized carbons (Fsp3) is 0.278. The molecule has 3 heteroatoms. The minimum Gasteiger partial charge on any atom is -0.377 e. The topological polar surface area (TPSA) is 29.5 Å². The molecule has 2 aromatic carbocycles. The van der Waals surface area contributed by atoms with Crippen LogP contribution in [0, 0.1) is 6.92 Å². The SMILES string of the molecule is COC1CCN(C(=O)c2cccc(C)c2)c2ccccc21. The van der Waals surface area contributed by atoms with Gasteiger partial charge in [0.1, 0.15) is 0 Å². The second-order valence-electron chi connectivity index (χ2n) is 5.40. The van der Waals surface area contributed by atoms with Gasteiger partial charge in [-0.1, -0.05) is 35.9 Å². The van der Waals surface area contributed by atoms with Gasteiger partial charge in [-0.2, -0.15) is 0 Å². The average Bonchev–Trinajstić information content (AvgIpc) is 2.53. The van der Waals surface area contributed by atoms with Crippen molar-refractivity contribution in [2.24, 2.45) is 0 Å². The molecule has 0 saturated heterocycles. The van der Waals surface area contributed by atoms with Gasteiger partial charge >= 0.3 is 0 Å². The van der Waals surface area contributed by atoms with Gasteiger partial charge in [0, 0.05) is 30.5 Å². The molecular formula is C18H19NO2. The summed E-state index contributed by atoms with van der Waals surface area (Å²) in [4.78, 5) is 14.7. The van der Waals surface area contributed by atoms with Crippen molar-refractivity contribution < 1.29 is 9.53 Å². The minimum atomic E-state index is 0.0562. The highest BCUT2D eigenvalue weighted by molar-refractivity contribution is 6.06. The van der Waals surface area contributed by atoms with E-state index < -0.39 is 0 Å². The van der Waals surface area contributed by atoms with Gasteiger partial charge < -0.3 is 9.64 Å². The molecule has 1 amide bonds. The number of fused-ring (bicyclic) bond motifs is 1. The van der Waals surface area contributed by atoms with E-state index in [4.69, 9.17) is 4.74 Å². The van der Waals surface area contributed by atoms with Crippen LogP contribution in [-0.2, 0) is 4.74 Å². The Bertz CT molecular complexity index is 666. The number of amides is 1. The van der Waals surface area contributed by atoms with Crippen LogP contribution in [0.2, 0.25) is 0 Å². The summed E-state index contributed by atoms with van der Waals surface area (Å²) in [7, 11) is 1.72. The molecule has 0 spiro atoms. The van der Waals surface area contributed by atoms with E-state index in [-0.39, 0.29) is 12.0 Å². The largest absolute Gasteiger partial charge is 0.377 e. The van der Waals surface area contributed by atoms with E-state index in [0.29, 0.717) is 6.54 Å². The molecule has 0 aromatic heterocycles. The molecule has 1 aliphatic heterocycles. The zero-order valence-corrected chi connectivity index (χ0v) is 12.4. The monoisotopic (exact) mass is 281 g/mol. The van der Waals surface area contributed by atoms with Crippen LogP contribution in [0.3, 0.4) is 0 Å². The first-order valence-electron chi connectivity index (χ1n) is 7.21. The van der Waals surface area contributed by atoms with Gasteiger partial charge in [0.2, 0.25) is 0 Å². The Labute approximate surface area is 125 Å². The number of anilines is 1. The Balaban J connectivity index is 1.98. The number of benzene rings is 2. The Hall–Kier alpha value is -2.13. The van der Waals surface area contributed by atoms with E-state index in [1.165, 1.54) is 0 Å². The normalized spacial score (nSPS) is 17.4. The Morgan fingerprint density at radius 2 is 2.00 bits per heavy atom. The quantitative estimate of drug-likeness (QED) is 0.839. The maximum Gasteiger partial charge on any atom is 0.258 e. The number of aryl methyl sites for hydroxylation is 1. The molecule has 0 aliphatic carbocycles. The predicted octanol–water partition coefficient (Wildman–Crippen LogP) is 3.73. The molecule has 2 aromatic rings. The summed E-state index contributed by atoms with van der Waals surface area (Å²) in [6, 6.07) is 15.7. The molecule has 1 atom stereocenters. The molecule has 0 bridgehead atoms. The van der Waals surface area contributed by atoms with E-state index >= 15 is 0 Å². The molecule has 0 fully saturated rings. The van der Waals surface area contributed by atoms with Crippen molar-refractivity contribution in [1.29, 1.82) is 0 Å². The van der Waals surface area contributed by atoms with Crippen molar-refractivity contribution in [3.8, 4) is 0 Å². The van der Waals surface area contributed by atoms with Crippen LogP contribution in [-0.4, -0.2) is 19.6 Å². The van der Waals surface area contributed by atoms with E-state index in [1.807, 2.05) is 60.4 Å². The summed E-state index contributed by atoms with van der Waals surface area (Å²) in [5.41, 5.74) is 3.89. The van der Waals surface area contributed by atoms with Crippen molar-refractivity contribution in [3.05, 3.63) is 65.2 Å². The maximum absolute atomic E-state index is 12.8. The molecule has 108 valence electrons. The number of para-hydroxylation sites is 1. The zero-order valence-electron chi connectivity index (χ0n) is 12.4. The lowest BCUT2D eigenvalue weighted by molar-refractivity contribution is 0.0868. The van der Waals surface area contributed by atoms with Crippen LogP contribution in [0.15, 0.2) is 48.5 Å². The number of carbonyl (C=O) groups excluding carboxylic acids is 1. The highest BCUT2D eigenvalue weighted by Gasteiger charge is 2.28. The second-order valence-corrected chi connectivity index (χ2v) is 5.40. The fourth-order valence-corrected chi connectivity index (χ4v) is 2.92. The predicted molar refractivity (Wildman–Crippen MR) is 83.7 cm³/mol. The Morgan fingerprint density at radius 3 is 2.76 bits per heavy atom. The van der Waals surface area contributed by atoms with Gasteiger partial charge in [0.25, 0.3) is 5.91 Å². The summed E-state index contributed by atoms with van der Waals surface area (Å²) in [6.07, 6.45) is 0.896. The average molecular weight is 281 g/mol. The molecule has 3 rings (SSSR count). The molecule has 1 unspecified atom stereocenters. The standard InChI is InChI=1S/C18H19NO2/c1-13-6-5-7-14(12-13)18(20)19-11-10-17(21-2)15-8-3-4-9-16(15)19/h3-9,12,17H,10-11H2,1-2H3. The molecule has 3 nitrogen and oxygen atoms in total. The highest BCUT2D eigenvalue weighted by atomic mass is 16.5. The van der Waals surface area contributed by atoms with Gasteiger partial charge in [-0.05, 0) is 31.5 Å². The first-order chi connectivity index (χ1) is 10.2. The number of methoxy groups -OCH3 is 1. The van der Waals surface area contributed by atoms with E-state index in [2.05, 4.69) is 0 Å². The first-order valence-corrected chi connectivity index (χ1v) is 7.21. The lowest BCUT2D eigenvalue weighted by Crippen LogP contribution is -2.37. The summed E-state index contributed by atoms with van der Waals surface area (Å²) >= 11 is 0. The number of rotatable bonds is 2. The van der Waals surface area contributed by atoms with Crippen LogP contribution < -0.4 is 4.90 Å². The van der Waals surface area contributed by atoms with Crippen LogP contribution >= 0.6 is 0 Å². The lowest BCUT2D eigenvalue weighted by Gasteiger charge is -2.33. The summed E-state index contributed by atoms with van der Waals surface area (Å²) < 4.78 is 5.53. The summed E-state index contributed by atoms with van der Waals surface area (Å²) in [5.74, 6) is 0.0562. The number of hydrogen-bond donors (Lipinski definition) is 0. The van der Waals surface area contributed by atoms with E-state index in [0.717, 1.165) is 28.8 Å². The maximum atomic E-state index is 12.8. The lowest BCUT2D eigenvalue weighted by atomic mass is 9.97. The third kappa shape index (κ3) is 2.57. The van der Waals surface area contributed by atoms with E-state index in [1.54, 1.807) is 7.11 Å². The second kappa shape index (κ2) is 5.70. The van der Waals surface area contributed by atoms with Crippen molar-refractivity contribution in [2.75, 3.05) is 18.6 Å². The summed E-state index contributed by atoms with van der Waals surface area (Å²) in [6.45, 7) is 2.68. The van der Waals surface area contributed by atoms with Crippen molar-refractivity contribution in [1.82, 2.24) is 0 Å². The van der Waals surface area contributed by atoms with Crippen LogP contribution in [0.4, 0.5) is 5.69 Å². The van der Waals surface area contributed by atoms with Crippen LogP contribution in [0.1, 0.15) is 34.0 Å². The molecular weight excluding hydrogens is 262 g/mol. The fourth-order valence-electron chi connectivity index (χ4n) is 2.92. The Morgan fingerprint density at radius 1 is 1.19 bits per heavy atom. The van der Waals surface area contributed by atoms with Gasteiger partial charge in [-0.25, -0.2) is 0 Å². The smallest absolute Gasteiger partial charge is 0.258 e. The molecule has 0 radical (unpaired) electrons. The number of hydrogen-bond acceptors (Lipinski definition) is 2. The number of ether oxygens (including phenoxy) is 1. The van der Waals surface area contributed by atoms with Gasteiger partial charge in [0.05, 0.1) is 6.10 Å². The first kappa shape index (κ1) is 13.8. The zero-order chi connectivity index (χ0) is 14.8. The molecule has 1 aliphatic rings. The van der Waals surface area contributed by atoms with Crippen molar-refractivity contribution >= 4 is 11.6 Å². The van der Waals surface area contributed by atoms with Crippen LogP contribution in [0.5, 0.6) is 0 Å². The highest BCUT2D eigenvalue weighted by Crippen LogP contribution is 2.36. The third-order valence-corrected chi connectivity index (χ3v) is 3.98. The van der Waals surface area contributed by atoms with Crippen LogP contribution in [0.25, 0.3) is 0 Å². The minimum absolute atomic E-state index is 0.0562. The third-order valence-electron chi connectivity index (χ3n) is 3.98. The number of nitrogens with zero attached hydrogens (tertiary/aromatic N) is 1. The van der Waals surface area contributed by atoms with Crippen molar-refractivity contribution in [3.63, 3.8) is 0 Å². The van der Waals surface area contributed by atoms with E-state index in [9.17, 15) is 4.79 Å². The molecule has 0 N–H and O–H groups in total. The van der Waals surface area contributed by atoms with Gasteiger partial charge in [-0.15, -0.1) is 0 Å². The number of carbonyl (C=O) groups is 1. The van der Waals surface area contributed by atoms with Gasteiger partial charge in [-0.3, -0.25) is 4.79 Å².